The maximum atomic E-state index is 10.5. The summed E-state index contributed by atoms with van der Waals surface area (Å²) in [7, 11) is 0. The Hall–Kier alpha value is -1.16. The van der Waals surface area contributed by atoms with Gasteiger partial charge in [-0.05, 0) is 38.5 Å². The van der Waals surface area contributed by atoms with Crippen LogP contribution in [-0.2, 0) is 0 Å². The zero-order valence-corrected chi connectivity index (χ0v) is 9.07. The predicted molar refractivity (Wildman–Crippen MR) is 58.1 cm³/mol. The summed E-state index contributed by atoms with van der Waals surface area (Å²) in [4.78, 5) is 13.0. The van der Waals surface area contributed by atoms with Crippen LogP contribution < -0.4 is 0 Å². The molecule has 1 aromatic heterocycles. The Balaban J connectivity index is 1.97. The molecular formula is C11H17N3O. The molecule has 0 aliphatic carbocycles. The molecule has 1 aromatic rings. The number of aldehydes is 1. The maximum Gasteiger partial charge on any atom is 0.170 e. The summed E-state index contributed by atoms with van der Waals surface area (Å²) < 4.78 is 0. The highest BCUT2D eigenvalue weighted by molar-refractivity contribution is 5.71. The number of carbonyl (C=O) groups excluding carboxylic acids is 1. The van der Waals surface area contributed by atoms with Crippen molar-refractivity contribution in [3.05, 3.63) is 17.5 Å². The molecule has 0 radical (unpaired) electrons. The molecule has 0 aromatic carbocycles. The molecule has 1 N–H and O–H groups in total. The van der Waals surface area contributed by atoms with Crippen LogP contribution in [0.5, 0.6) is 0 Å². The fourth-order valence-corrected chi connectivity index (χ4v) is 2.18. The van der Waals surface area contributed by atoms with Gasteiger partial charge < -0.3 is 4.90 Å². The summed E-state index contributed by atoms with van der Waals surface area (Å²) in [6.45, 7) is 5.63. The Labute approximate surface area is 89.7 Å². The Morgan fingerprint density at radius 3 is 2.87 bits per heavy atom. The normalized spacial score (nSPS) is 19.3. The third-order valence-electron chi connectivity index (χ3n) is 3.21. The fourth-order valence-electron chi connectivity index (χ4n) is 2.18. The number of carbonyl (C=O) groups is 1. The van der Waals surface area contributed by atoms with Crippen LogP contribution >= 0.6 is 0 Å². The molecule has 1 saturated heterocycles. The van der Waals surface area contributed by atoms with E-state index in [0.717, 1.165) is 44.5 Å². The summed E-state index contributed by atoms with van der Waals surface area (Å²) in [5.41, 5.74) is 1.63. The zero-order chi connectivity index (χ0) is 10.7. The molecule has 2 heterocycles. The predicted octanol–water partition coefficient (Wildman–Crippen LogP) is 1.42. The lowest BCUT2D eigenvalue weighted by molar-refractivity contribution is 0.111. The van der Waals surface area contributed by atoms with Crippen molar-refractivity contribution < 1.29 is 4.79 Å². The molecule has 2 rings (SSSR count). The minimum Gasteiger partial charge on any atom is -0.304 e. The number of piperidine rings is 1. The number of H-pyrrole nitrogens is 1. The van der Waals surface area contributed by atoms with Gasteiger partial charge in [0.25, 0.3) is 0 Å². The molecule has 82 valence electrons. The van der Waals surface area contributed by atoms with Crippen molar-refractivity contribution >= 4 is 6.29 Å². The van der Waals surface area contributed by atoms with Crippen LogP contribution in [0, 0.1) is 0 Å². The fraction of sp³-hybridized carbons (Fsp3) is 0.636. The molecule has 0 amide bonds. The third kappa shape index (κ3) is 2.26. The average Bonchev–Trinajstić information content (AvgIpc) is 2.78. The van der Waals surface area contributed by atoms with Crippen LogP contribution in [0.4, 0.5) is 0 Å². The first-order chi connectivity index (χ1) is 7.33. The van der Waals surface area contributed by atoms with Gasteiger partial charge in [0, 0.05) is 11.6 Å². The number of likely N-dealkylation sites (tertiary alicyclic amines) is 1. The summed E-state index contributed by atoms with van der Waals surface area (Å²) in [5.74, 6) is 0.550. The van der Waals surface area contributed by atoms with Crippen molar-refractivity contribution in [2.75, 3.05) is 19.6 Å². The van der Waals surface area contributed by atoms with E-state index in [4.69, 9.17) is 0 Å². The van der Waals surface area contributed by atoms with E-state index < -0.39 is 0 Å². The monoisotopic (exact) mass is 207 g/mol. The highest BCUT2D eigenvalue weighted by Crippen LogP contribution is 2.26. The highest BCUT2D eigenvalue weighted by atomic mass is 16.1. The molecule has 15 heavy (non-hydrogen) atoms. The van der Waals surface area contributed by atoms with E-state index in [1.54, 1.807) is 0 Å². The number of rotatable bonds is 3. The Morgan fingerprint density at radius 1 is 1.60 bits per heavy atom. The largest absolute Gasteiger partial charge is 0.304 e. The SMILES string of the molecule is CCN1CCC(c2cc(C=O)n[nH]2)CC1. The van der Waals surface area contributed by atoms with Crippen LogP contribution in [0.15, 0.2) is 6.07 Å². The minimum atomic E-state index is 0.517. The standard InChI is InChI=1S/C11H17N3O/c1-2-14-5-3-9(4-6-14)11-7-10(8-15)12-13-11/h7-9H,2-6H2,1H3,(H,12,13). The Kier molecular flexibility index (Phi) is 3.16. The molecule has 1 aliphatic heterocycles. The van der Waals surface area contributed by atoms with Gasteiger partial charge in [-0.25, -0.2) is 0 Å². The molecule has 1 aliphatic rings. The molecule has 0 unspecified atom stereocenters. The van der Waals surface area contributed by atoms with Gasteiger partial charge in [-0.3, -0.25) is 9.89 Å². The summed E-state index contributed by atoms with van der Waals surface area (Å²) >= 11 is 0. The van der Waals surface area contributed by atoms with Crippen LogP contribution in [0.2, 0.25) is 0 Å². The molecule has 0 atom stereocenters. The molecule has 4 heteroatoms. The second-order valence-corrected chi connectivity index (χ2v) is 4.07. The van der Waals surface area contributed by atoms with E-state index >= 15 is 0 Å². The van der Waals surface area contributed by atoms with E-state index in [1.165, 1.54) is 0 Å². The van der Waals surface area contributed by atoms with Gasteiger partial charge >= 0.3 is 0 Å². The summed E-state index contributed by atoms with van der Waals surface area (Å²) in [6.07, 6.45) is 3.11. The van der Waals surface area contributed by atoms with E-state index in [2.05, 4.69) is 22.0 Å². The molecular weight excluding hydrogens is 190 g/mol. The van der Waals surface area contributed by atoms with Crippen molar-refractivity contribution in [2.45, 2.75) is 25.7 Å². The van der Waals surface area contributed by atoms with Gasteiger partial charge in [-0.2, -0.15) is 5.10 Å². The molecule has 0 spiro atoms. The number of aromatic amines is 1. The second-order valence-electron chi connectivity index (χ2n) is 4.07. The lowest BCUT2D eigenvalue weighted by atomic mass is 9.93. The van der Waals surface area contributed by atoms with Crippen LogP contribution in [-0.4, -0.2) is 41.0 Å². The average molecular weight is 207 g/mol. The van der Waals surface area contributed by atoms with Crippen LogP contribution in [0.1, 0.15) is 41.9 Å². The topological polar surface area (TPSA) is 49.0 Å². The third-order valence-corrected chi connectivity index (χ3v) is 3.21. The number of hydrogen-bond acceptors (Lipinski definition) is 3. The first-order valence-corrected chi connectivity index (χ1v) is 5.56. The minimum absolute atomic E-state index is 0.517. The van der Waals surface area contributed by atoms with E-state index in [-0.39, 0.29) is 0 Å². The van der Waals surface area contributed by atoms with Gasteiger partial charge in [0.15, 0.2) is 6.29 Å². The summed E-state index contributed by atoms with van der Waals surface area (Å²) in [5, 5.41) is 6.90. The van der Waals surface area contributed by atoms with Crippen molar-refractivity contribution in [3.8, 4) is 0 Å². The van der Waals surface area contributed by atoms with Crippen LogP contribution in [0.25, 0.3) is 0 Å². The van der Waals surface area contributed by atoms with Gasteiger partial charge in [-0.1, -0.05) is 6.92 Å². The lowest BCUT2D eigenvalue weighted by Crippen LogP contribution is -2.32. The molecule has 4 nitrogen and oxygen atoms in total. The van der Waals surface area contributed by atoms with Gasteiger partial charge in [0.1, 0.15) is 5.69 Å². The van der Waals surface area contributed by atoms with Gasteiger partial charge in [-0.15, -0.1) is 0 Å². The second kappa shape index (κ2) is 4.57. The maximum absolute atomic E-state index is 10.5. The van der Waals surface area contributed by atoms with Crippen molar-refractivity contribution in [1.29, 1.82) is 0 Å². The Morgan fingerprint density at radius 2 is 2.33 bits per heavy atom. The van der Waals surface area contributed by atoms with E-state index in [1.807, 2.05) is 6.07 Å². The number of nitrogens with one attached hydrogen (secondary N) is 1. The van der Waals surface area contributed by atoms with E-state index in [9.17, 15) is 4.79 Å². The molecule has 0 bridgehead atoms. The zero-order valence-electron chi connectivity index (χ0n) is 9.07. The molecule has 1 fully saturated rings. The first-order valence-electron chi connectivity index (χ1n) is 5.56. The van der Waals surface area contributed by atoms with Gasteiger partial charge in [0.05, 0.1) is 0 Å². The molecule has 0 saturated carbocycles. The first kappa shape index (κ1) is 10.4. The number of hydrogen-bond donors (Lipinski definition) is 1. The van der Waals surface area contributed by atoms with Gasteiger partial charge in [0.2, 0.25) is 0 Å². The number of nitrogens with zero attached hydrogens (tertiary/aromatic N) is 2. The smallest absolute Gasteiger partial charge is 0.170 e. The van der Waals surface area contributed by atoms with E-state index in [0.29, 0.717) is 11.6 Å². The van der Waals surface area contributed by atoms with Crippen molar-refractivity contribution in [3.63, 3.8) is 0 Å². The summed E-state index contributed by atoms with van der Waals surface area (Å²) in [6, 6.07) is 1.87. The Bertz CT molecular complexity index is 326. The van der Waals surface area contributed by atoms with Crippen molar-refractivity contribution in [2.24, 2.45) is 0 Å². The quantitative estimate of drug-likeness (QED) is 0.763. The van der Waals surface area contributed by atoms with Crippen LogP contribution in [0.3, 0.4) is 0 Å². The lowest BCUT2D eigenvalue weighted by Gasteiger charge is -2.30. The number of aromatic nitrogens is 2. The highest BCUT2D eigenvalue weighted by Gasteiger charge is 2.20. The van der Waals surface area contributed by atoms with Crippen molar-refractivity contribution in [1.82, 2.24) is 15.1 Å².